The molecule has 0 aliphatic rings. The maximum absolute atomic E-state index is 12.2. The van der Waals surface area contributed by atoms with Gasteiger partial charge in [0.15, 0.2) is 11.0 Å². The summed E-state index contributed by atoms with van der Waals surface area (Å²) in [5.74, 6) is -3.99. The highest BCUT2D eigenvalue weighted by atomic mass is 35.5. The summed E-state index contributed by atoms with van der Waals surface area (Å²) in [6.45, 7) is 0. The molecule has 1 N–H and O–H groups in total. The van der Waals surface area contributed by atoms with E-state index in [0.717, 1.165) is 0 Å². The lowest BCUT2D eigenvalue weighted by Crippen LogP contribution is -2.21. The maximum Gasteiger partial charge on any atom is 0.355 e. The van der Waals surface area contributed by atoms with E-state index in [0.29, 0.717) is 11.0 Å². The highest BCUT2D eigenvalue weighted by Crippen LogP contribution is 2.23. The van der Waals surface area contributed by atoms with Gasteiger partial charge in [-0.05, 0) is 12.1 Å². The Morgan fingerprint density at radius 3 is 2.28 bits per heavy atom. The van der Waals surface area contributed by atoms with Gasteiger partial charge in [-0.1, -0.05) is 23.7 Å². The van der Waals surface area contributed by atoms with E-state index in [2.05, 4.69) is 9.97 Å². The van der Waals surface area contributed by atoms with Crippen LogP contribution in [0, 0.1) is 0 Å². The lowest BCUT2D eigenvalue weighted by atomic mass is 10.3. The van der Waals surface area contributed by atoms with Crippen molar-refractivity contribution in [2.24, 2.45) is 0 Å². The van der Waals surface area contributed by atoms with Gasteiger partial charge in [-0.15, -0.1) is 0 Å². The summed E-state index contributed by atoms with van der Waals surface area (Å²) >= 11 is 5.67. The van der Waals surface area contributed by atoms with Gasteiger partial charge in [0.2, 0.25) is 0 Å². The minimum absolute atomic E-state index is 0.294. The molecule has 0 amide bonds. The number of benzene rings is 1. The molecule has 0 aliphatic heterocycles. The van der Waals surface area contributed by atoms with Crippen molar-refractivity contribution in [2.45, 2.75) is 5.76 Å². The van der Waals surface area contributed by atoms with Crippen LogP contribution >= 0.6 is 11.6 Å². The molecule has 0 saturated carbocycles. The molecule has 0 saturated heterocycles. The second kappa shape index (κ2) is 4.62. The van der Waals surface area contributed by atoms with Crippen LogP contribution in [0.15, 0.2) is 24.3 Å². The lowest BCUT2D eigenvalue weighted by molar-refractivity contribution is 0.236. The first kappa shape index (κ1) is 12.9. The van der Waals surface area contributed by atoms with Gasteiger partial charge in [-0.25, -0.2) is 18.4 Å². The van der Waals surface area contributed by atoms with Crippen LogP contribution in [0.25, 0.3) is 11.0 Å². The third kappa shape index (κ3) is 2.49. The average Bonchev–Trinajstić information content (AvgIpc) is 2.29. The molecule has 2 rings (SSSR count). The number of nitrogens with zero attached hydrogens (tertiary/aromatic N) is 2. The number of alkyl halides is 2. The molecule has 18 heavy (non-hydrogen) atoms. The van der Waals surface area contributed by atoms with Gasteiger partial charge < -0.3 is 0 Å². The standard InChI is InChI=1S/C9H6ClF2N3O2S/c10-7-8(15-18(16,17)9(11)12)14-6-4-2-1-3-5(6)13-7/h1-4,9H,(H,14,15). The van der Waals surface area contributed by atoms with Crippen LogP contribution in [0.3, 0.4) is 0 Å². The molecule has 2 aromatic rings. The maximum atomic E-state index is 12.2. The van der Waals surface area contributed by atoms with Crippen LogP contribution < -0.4 is 4.72 Å². The lowest BCUT2D eigenvalue weighted by Gasteiger charge is -2.08. The Balaban J connectivity index is 2.49. The minimum atomic E-state index is -4.81. The monoisotopic (exact) mass is 293 g/mol. The normalized spacial score (nSPS) is 12.0. The van der Waals surface area contributed by atoms with Crippen LogP contribution in [0.1, 0.15) is 0 Å². The number of anilines is 1. The van der Waals surface area contributed by atoms with Crippen molar-refractivity contribution in [3.63, 3.8) is 0 Å². The van der Waals surface area contributed by atoms with E-state index in [-0.39, 0.29) is 5.15 Å². The Kier molecular flexibility index (Phi) is 3.31. The van der Waals surface area contributed by atoms with Crippen LogP contribution in [0.4, 0.5) is 14.6 Å². The van der Waals surface area contributed by atoms with Gasteiger partial charge in [0, 0.05) is 0 Å². The van der Waals surface area contributed by atoms with Gasteiger partial charge in [-0.2, -0.15) is 8.78 Å². The molecule has 0 radical (unpaired) electrons. The van der Waals surface area contributed by atoms with Crippen molar-refractivity contribution in [3.8, 4) is 0 Å². The summed E-state index contributed by atoms with van der Waals surface area (Å²) in [5.41, 5.74) is 0.774. The van der Waals surface area contributed by atoms with Gasteiger partial charge in [0.1, 0.15) is 0 Å². The van der Waals surface area contributed by atoms with E-state index in [4.69, 9.17) is 11.6 Å². The number of halogens is 3. The molecule has 0 bridgehead atoms. The zero-order chi connectivity index (χ0) is 13.3. The number of sulfonamides is 1. The summed E-state index contributed by atoms with van der Waals surface area (Å²) in [5, 5.41) is -0.294. The third-order valence-electron chi connectivity index (χ3n) is 2.00. The fourth-order valence-corrected chi connectivity index (χ4v) is 1.96. The number of para-hydroxylation sites is 2. The molecule has 1 heterocycles. The summed E-state index contributed by atoms with van der Waals surface area (Å²) in [4.78, 5) is 7.67. The number of aromatic nitrogens is 2. The highest BCUT2D eigenvalue weighted by Gasteiger charge is 2.25. The quantitative estimate of drug-likeness (QED) is 0.942. The third-order valence-corrected chi connectivity index (χ3v) is 3.21. The molecule has 9 heteroatoms. The van der Waals surface area contributed by atoms with Crippen molar-refractivity contribution < 1.29 is 17.2 Å². The van der Waals surface area contributed by atoms with E-state index in [1.54, 1.807) is 29.0 Å². The minimum Gasteiger partial charge on any atom is -0.260 e. The first-order valence-corrected chi connectivity index (χ1v) is 6.54. The van der Waals surface area contributed by atoms with Crippen molar-refractivity contribution in [3.05, 3.63) is 29.4 Å². The first-order chi connectivity index (χ1) is 8.40. The van der Waals surface area contributed by atoms with E-state index in [1.807, 2.05) is 0 Å². The molecular weight excluding hydrogens is 288 g/mol. The topological polar surface area (TPSA) is 72.0 Å². The van der Waals surface area contributed by atoms with E-state index in [1.165, 1.54) is 0 Å². The Bertz CT molecular complexity index is 693. The van der Waals surface area contributed by atoms with Crippen LogP contribution in [0.2, 0.25) is 5.15 Å². The average molecular weight is 294 g/mol. The fourth-order valence-electron chi connectivity index (χ4n) is 1.22. The zero-order valence-corrected chi connectivity index (χ0v) is 10.2. The van der Waals surface area contributed by atoms with Crippen LogP contribution in [-0.4, -0.2) is 24.1 Å². The molecule has 1 aromatic carbocycles. The Morgan fingerprint density at radius 1 is 1.17 bits per heavy atom. The van der Waals surface area contributed by atoms with Gasteiger partial charge in [0.25, 0.3) is 10.0 Å². The predicted molar refractivity (Wildman–Crippen MR) is 63.1 cm³/mol. The number of nitrogens with one attached hydrogen (secondary N) is 1. The Labute approximate surface area is 106 Å². The molecule has 0 fully saturated rings. The highest BCUT2D eigenvalue weighted by molar-refractivity contribution is 7.93. The number of hydrogen-bond donors (Lipinski definition) is 1. The fraction of sp³-hybridized carbons (Fsp3) is 0.111. The molecule has 0 aliphatic carbocycles. The van der Waals surface area contributed by atoms with Crippen molar-refractivity contribution in [1.29, 1.82) is 0 Å². The summed E-state index contributed by atoms with van der Waals surface area (Å²) in [7, 11) is -4.81. The van der Waals surface area contributed by atoms with Crippen molar-refractivity contribution in [1.82, 2.24) is 9.97 Å². The molecular formula is C9H6ClF2N3O2S. The van der Waals surface area contributed by atoms with Gasteiger partial charge in [0.05, 0.1) is 11.0 Å². The second-order valence-electron chi connectivity index (χ2n) is 3.26. The summed E-state index contributed by atoms with van der Waals surface area (Å²) in [6.07, 6.45) is 0. The summed E-state index contributed by atoms with van der Waals surface area (Å²) < 4.78 is 48.0. The van der Waals surface area contributed by atoms with E-state index in [9.17, 15) is 17.2 Å². The molecule has 0 unspecified atom stereocenters. The number of fused-ring (bicyclic) bond motifs is 1. The van der Waals surface area contributed by atoms with Crippen LogP contribution in [0.5, 0.6) is 0 Å². The van der Waals surface area contributed by atoms with Crippen molar-refractivity contribution in [2.75, 3.05) is 4.72 Å². The predicted octanol–water partition coefficient (Wildman–Crippen LogP) is 2.25. The number of rotatable bonds is 3. The smallest absolute Gasteiger partial charge is 0.260 e. The zero-order valence-electron chi connectivity index (χ0n) is 8.64. The molecule has 1 aromatic heterocycles. The van der Waals surface area contributed by atoms with Gasteiger partial charge >= 0.3 is 5.76 Å². The Morgan fingerprint density at radius 2 is 1.72 bits per heavy atom. The molecule has 5 nitrogen and oxygen atoms in total. The molecule has 96 valence electrons. The molecule has 0 atom stereocenters. The van der Waals surface area contributed by atoms with E-state index < -0.39 is 21.6 Å². The SMILES string of the molecule is O=S(=O)(Nc1nc2ccccc2nc1Cl)C(F)F. The second-order valence-corrected chi connectivity index (χ2v) is 5.27. The van der Waals surface area contributed by atoms with E-state index >= 15 is 0 Å². The first-order valence-electron chi connectivity index (χ1n) is 4.62. The molecule has 0 spiro atoms. The largest absolute Gasteiger partial charge is 0.355 e. The van der Waals surface area contributed by atoms with Gasteiger partial charge in [-0.3, -0.25) is 4.72 Å². The number of hydrogen-bond acceptors (Lipinski definition) is 4. The Hall–Kier alpha value is -1.54. The van der Waals surface area contributed by atoms with Crippen molar-refractivity contribution >= 4 is 38.5 Å². The van der Waals surface area contributed by atoms with Crippen LogP contribution in [-0.2, 0) is 10.0 Å². The summed E-state index contributed by atoms with van der Waals surface area (Å²) in [6, 6.07) is 6.51.